The van der Waals surface area contributed by atoms with Crippen molar-refractivity contribution in [1.82, 2.24) is 5.32 Å². The van der Waals surface area contributed by atoms with E-state index in [0.717, 1.165) is 6.42 Å². The molecule has 3 atom stereocenters. The summed E-state index contributed by atoms with van der Waals surface area (Å²) in [5.74, 6) is -0.767. The molecule has 1 aromatic rings. The highest BCUT2D eigenvalue weighted by molar-refractivity contribution is 5.90. The molecule has 4 nitrogen and oxygen atoms in total. The van der Waals surface area contributed by atoms with Crippen LogP contribution in [-0.2, 0) is 15.1 Å². The summed E-state index contributed by atoms with van der Waals surface area (Å²) in [6.45, 7) is 1.44. The molecule has 2 N–H and O–H groups in total. The van der Waals surface area contributed by atoms with Gasteiger partial charge >= 0.3 is 5.97 Å². The minimum absolute atomic E-state index is 0.0587. The first-order valence-corrected chi connectivity index (χ1v) is 7.23. The highest BCUT2D eigenvalue weighted by Gasteiger charge is 2.52. The van der Waals surface area contributed by atoms with Crippen molar-refractivity contribution in [3.8, 4) is 0 Å². The van der Waals surface area contributed by atoms with Crippen molar-refractivity contribution < 1.29 is 19.1 Å². The highest BCUT2D eigenvalue weighted by Crippen LogP contribution is 2.54. The summed E-state index contributed by atoms with van der Waals surface area (Å²) in [7, 11) is 0. The van der Waals surface area contributed by atoms with Gasteiger partial charge in [0.05, 0.1) is 0 Å². The summed E-state index contributed by atoms with van der Waals surface area (Å²) >= 11 is 0. The number of carbonyl (C=O) groups is 2. The van der Waals surface area contributed by atoms with Crippen molar-refractivity contribution in [3.05, 3.63) is 35.6 Å². The zero-order valence-electron chi connectivity index (χ0n) is 11.8. The maximum atomic E-state index is 13.0. The van der Waals surface area contributed by atoms with E-state index >= 15 is 0 Å². The lowest BCUT2D eigenvalue weighted by Crippen LogP contribution is -2.50. The number of carboxylic acids is 1. The second-order valence-corrected chi connectivity index (χ2v) is 6.27. The number of hydrogen-bond donors (Lipinski definition) is 2. The van der Waals surface area contributed by atoms with Crippen LogP contribution in [0.2, 0.25) is 0 Å². The normalized spacial score (nSPS) is 26.8. The quantitative estimate of drug-likeness (QED) is 0.874. The number of nitrogens with one attached hydrogen (secondary N) is 1. The second-order valence-electron chi connectivity index (χ2n) is 6.27. The first kappa shape index (κ1) is 14.0. The molecule has 0 saturated heterocycles. The Morgan fingerprint density at radius 3 is 2.43 bits per heavy atom. The lowest BCUT2D eigenvalue weighted by Gasteiger charge is -2.27. The van der Waals surface area contributed by atoms with Gasteiger partial charge in [0, 0.05) is 5.92 Å². The van der Waals surface area contributed by atoms with E-state index in [4.69, 9.17) is 0 Å². The summed E-state index contributed by atoms with van der Waals surface area (Å²) in [6, 6.07) is 5.20. The van der Waals surface area contributed by atoms with E-state index in [1.54, 1.807) is 0 Å². The van der Waals surface area contributed by atoms with E-state index in [9.17, 15) is 19.1 Å². The van der Waals surface area contributed by atoms with E-state index < -0.39 is 17.3 Å². The SMILES string of the molecule is CC(NC(=O)C1CC1C1CC1)(C(=O)O)c1ccc(F)cc1. The average molecular weight is 291 g/mol. The molecule has 1 aromatic carbocycles. The molecule has 3 unspecified atom stereocenters. The number of amides is 1. The van der Waals surface area contributed by atoms with Gasteiger partial charge in [-0.1, -0.05) is 12.1 Å². The Morgan fingerprint density at radius 1 is 1.29 bits per heavy atom. The third-order valence-electron chi connectivity index (χ3n) is 4.63. The molecule has 2 aliphatic carbocycles. The Kier molecular flexibility index (Phi) is 3.23. The summed E-state index contributed by atoms with van der Waals surface area (Å²) < 4.78 is 13.0. The monoisotopic (exact) mass is 291 g/mol. The molecule has 2 aliphatic rings. The van der Waals surface area contributed by atoms with Gasteiger partial charge in [0.15, 0.2) is 5.54 Å². The minimum Gasteiger partial charge on any atom is -0.479 e. The largest absolute Gasteiger partial charge is 0.479 e. The Bertz CT molecular complexity index is 582. The van der Waals surface area contributed by atoms with Crippen molar-refractivity contribution in [2.24, 2.45) is 17.8 Å². The molecule has 0 radical (unpaired) electrons. The van der Waals surface area contributed by atoms with Gasteiger partial charge < -0.3 is 10.4 Å². The number of carboxylic acid groups (broad SMARTS) is 1. The number of halogens is 1. The van der Waals surface area contributed by atoms with Crippen LogP contribution in [0.4, 0.5) is 4.39 Å². The van der Waals surface area contributed by atoms with E-state index in [2.05, 4.69) is 5.32 Å². The zero-order valence-corrected chi connectivity index (χ0v) is 11.8. The van der Waals surface area contributed by atoms with Crippen molar-refractivity contribution in [3.63, 3.8) is 0 Å². The summed E-state index contributed by atoms with van der Waals surface area (Å²) in [6.07, 6.45) is 3.22. The maximum absolute atomic E-state index is 13.0. The smallest absolute Gasteiger partial charge is 0.333 e. The Morgan fingerprint density at radius 2 is 1.90 bits per heavy atom. The van der Waals surface area contributed by atoms with Gasteiger partial charge in [-0.05, 0) is 55.7 Å². The zero-order chi connectivity index (χ0) is 15.2. The van der Waals surface area contributed by atoms with E-state index in [-0.39, 0.29) is 11.8 Å². The molecular weight excluding hydrogens is 273 g/mol. The summed E-state index contributed by atoms with van der Waals surface area (Å²) in [5, 5.41) is 12.1. The third kappa shape index (κ3) is 2.64. The van der Waals surface area contributed by atoms with Gasteiger partial charge in [-0.2, -0.15) is 0 Å². The van der Waals surface area contributed by atoms with Crippen LogP contribution < -0.4 is 5.32 Å². The molecular formula is C16H18FNO3. The van der Waals surface area contributed by atoms with Crippen LogP contribution in [0.1, 0.15) is 31.7 Å². The molecule has 0 aliphatic heterocycles. The molecule has 0 spiro atoms. The molecule has 0 aromatic heterocycles. The Labute approximate surface area is 122 Å². The molecule has 2 saturated carbocycles. The lowest BCUT2D eigenvalue weighted by atomic mass is 9.91. The molecule has 2 fully saturated rings. The number of aliphatic carboxylic acids is 1. The molecule has 0 bridgehead atoms. The van der Waals surface area contributed by atoms with Gasteiger partial charge in [-0.3, -0.25) is 4.79 Å². The number of rotatable bonds is 5. The fourth-order valence-corrected chi connectivity index (χ4v) is 2.93. The molecule has 1 amide bonds. The summed E-state index contributed by atoms with van der Waals surface area (Å²) in [5.41, 5.74) is -1.16. The van der Waals surface area contributed by atoms with Crippen molar-refractivity contribution >= 4 is 11.9 Å². The van der Waals surface area contributed by atoms with Gasteiger partial charge in [-0.15, -0.1) is 0 Å². The van der Waals surface area contributed by atoms with Crippen molar-refractivity contribution in [2.45, 2.75) is 31.7 Å². The molecule has 21 heavy (non-hydrogen) atoms. The van der Waals surface area contributed by atoms with Gasteiger partial charge in [-0.25, -0.2) is 9.18 Å². The molecule has 3 rings (SSSR count). The fourth-order valence-electron chi connectivity index (χ4n) is 2.93. The predicted molar refractivity (Wildman–Crippen MR) is 73.9 cm³/mol. The minimum atomic E-state index is -1.53. The van der Waals surface area contributed by atoms with Crippen molar-refractivity contribution in [2.75, 3.05) is 0 Å². The highest BCUT2D eigenvalue weighted by atomic mass is 19.1. The van der Waals surface area contributed by atoms with E-state index in [1.807, 2.05) is 0 Å². The number of benzene rings is 1. The van der Waals surface area contributed by atoms with Crippen LogP contribution in [0.15, 0.2) is 24.3 Å². The maximum Gasteiger partial charge on any atom is 0.333 e. The standard InChI is InChI=1S/C16H18FNO3/c1-16(15(20)21,10-4-6-11(17)7-5-10)18-14(19)13-8-12(13)9-2-3-9/h4-7,9,12-13H,2-3,8H2,1H3,(H,18,19)(H,20,21). The molecule has 0 heterocycles. The van der Waals surface area contributed by atoms with Crippen LogP contribution in [0.25, 0.3) is 0 Å². The molecule has 112 valence electrons. The van der Waals surface area contributed by atoms with Gasteiger partial charge in [0.25, 0.3) is 0 Å². The predicted octanol–water partition coefficient (Wildman–Crippen LogP) is 2.29. The first-order chi connectivity index (χ1) is 9.91. The van der Waals surface area contributed by atoms with Gasteiger partial charge in [0.2, 0.25) is 5.91 Å². The first-order valence-electron chi connectivity index (χ1n) is 7.23. The van der Waals surface area contributed by atoms with Crippen LogP contribution in [0.5, 0.6) is 0 Å². The fraction of sp³-hybridized carbons (Fsp3) is 0.500. The van der Waals surface area contributed by atoms with E-state index in [0.29, 0.717) is 17.4 Å². The molecule has 5 heteroatoms. The van der Waals surface area contributed by atoms with Crippen LogP contribution in [-0.4, -0.2) is 17.0 Å². The second kappa shape index (κ2) is 4.83. The van der Waals surface area contributed by atoms with Gasteiger partial charge in [0.1, 0.15) is 5.82 Å². The number of hydrogen-bond acceptors (Lipinski definition) is 2. The van der Waals surface area contributed by atoms with Crippen LogP contribution in [0.3, 0.4) is 0 Å². The van der Waals surface area contributed by atoms with E-state index in [1.165, 1.54) is 44.0 Å². The van der Waals surface area contributed by atoms with Crippen LogP contribution >= 0.6 is 0 Å². The lowest BCUT2D eigenvalue weighted by molar-refractivity contribution is -0.147. The van der Waals surface area contributed by atoms with Crippen LogP contribution in [0, 0.1) is 23.6 Å². The topological polar surface area (TPSA) is 66.4 Å². The Balaban J connectivity index is 1.76. The average Bonchev–Trinajstić information content (AvgIpc) is 3.28. The Hall–Kier alpha value is -1.91. The van der Waals surface area contributed by atoms with Crippen molar-refractivity contribution in [1.29, 1.82) is 0 Å². The summed E-state index contributed by atoms with van der Waals surface area (Å²) in [4.78, 5) is 23.9. The third-order valence-corrected chi connectivity index (χ3v) is 4.63. The number of carbonyl (C=O) groups excluding carboxylic acids is 1.